The molecule has 1 aromatic heterocycles. The third kappa shape index (κ3) is 5.43. The maximum absolute atomic E-state index is 14.6. The van der Waals surface area contributed by atoms with E-state index >= 15 is 0 Å². The van der Waals surface area contributed by atoms with E-state index in [1.807, 2.05) is 55.6 Å². The first-order valence-corrected chi connectivity index (χ1v) is 12.2. The Labute approximate surface area is 189 Å². The molecule has 8 heteroatoms. The first kappa shape index (κ1) is 21.8. The number of amides is 1. The molecule has 3 aromatic rings. The van der Waals surface area contributed by atoms with Crippen LogP contribution in [0.4, 0.5) is 10.1 Å². The molecular formula is C23H24FN3O2S2. The Morgan fingerprint density at radius 3 is 2.55 bits per heavy atom. The molecule has 0 bridgehead atoms. The number of carbonyl (C=O) groups excluding carboxylic acids is 1. The third-order valence-electron chi connectivity index (χ3n) is 4.82. The van der Waals surface area contributed by atoms with Gasteiger partial charge in [0.1, 0.15) is 11.4 Å². The van der Waals surface area contributed by atoms with Crippen molar-refractivity contribution in [3.63, 3.8) is 0 Å². The van der Waals surface area contributed by atoms with Gasteiger partial charge in [-0.15, -0.1) is 23.5 Å². The Bertz CT molecular complexity index is 1060. The van der Waals surface area contributed by atoms with E-state index in [0.29, 0.717) is 21.7 Å². The molecule has 0 saturated carbocycles. The summed E-state index contributed by atoms with van der Waals surface area (Å²) in [7, 11) is 0. The lowest BCUT2D eigenvalue weighted by Gasteiger charge is -2.21. The zero-order valence-electron chi connectivity index (χ0n) is 17.4. The molecule has 2 aromatic carbocycles. The molecule has 0 aliphatic carbocycles. The van der Waals surface area contributed by atoms with Gasteiger partial charge in [-0.25, -0.2) is 9.07 Å². The lowest BCUT2D eigenvalue weighted by molar-refractivity contribution is -0.118. The van der Waals surface area contributed by atoms with Gasteiger partial charge in [0.2, 0.25) is 0 Å². The van der Waals surface area contributed by atoms with E-state index in [1.54, 1.807) is 16.8 Å². The van der Waals surface area contributed by atoms with Gasteiger partial charge in [0, 0.05) is 11.4 Å². The lowest BCUT2D eigenvalue weighted by atomic mass is 10.2. The second-order valence-corrected chi connectivity index (χ2v) is 10.1. The monoisotopic (exact) mass is 457 g/mol. The van der Waals surface area contributed by atoms with Gasteiger partial charge in [-0.3, -0.25) is 4.79 Å². The third-order valence-corrected chi connectivity index (χ3v) is 7.83. The highest BCUT2D eigenvalue weighted by Crippen LogP contribution is 2.43. The summed E-state index contributed by atoms with van der Waals surface area (Å²) in [6, 6.07) is 14.3. The normalized spacial score (nSPS) is 14.4. The maximum Gasteiger partial charge on any atom is 0.262 e. The average Bonchev–Trinajstić information content (AvgIpc) is 3.11. The van der Waals surface area contributed by atoms with E-state index in [2.05, 4.69) is 22.5 Å². The highest BCUT2D eigenvalue weighted by atomic mass is 32.2. The van der Waals surface area contributed by atoms with Crippen molar-refractivity contribution in [1.29, 1.82) is 0 Å². The van der Waals surface area contributed by atoms with Gasteiger partial charge in [-0.2, -0.15) is 5.10 Å². The van der Waals surface area contributed by atoms with Gasteiger partial charge in [0.25, 0.3) is 5.91 Å². The molecule has 0 unspecified atom stereocenters. The second-order valence-electron chi connectivity index (χ2n) is 7.34. The minimum absolute atomic E-state index is 0.146. The molecule has 1 fully saturated rings. The number of anilines is 1. The smallest absolute Gasteiger partial charge is 0.262 e. The van der Waals surface area contributed by atoms with Crippen LogP contribution in [0.1, 0.15) is 28.0 Å². The van der Waals surface area contributed by atoms with E-state index in [-0.39, 0.29) is 12.5 Å². The number of nitrogens with zero attached hydrogens (tertiary/aromatic N) is 2. The van der Waals surface area contributed by atoms with E-state index < -0.39 is 5.82 Å². The molecule has 5 nitrogen and oxygen atoms in total. The highest BCUT2D eigenvalue weighted by molar-refractivity contribution is 8.16. The Kier molecular flexibility index (Phi) is 6.87. The van der Waals surface area contributed by atoms with Gasteiger partial charge < -0.3 is 10.1 Å². The minimum Gasteiger partial charge on any atom is -0.484 e. The van der Waals surface area contributed by atoms with Crippen LogP contribution >= 0.6 is 23.5 Å². The van der Waals surface area contributed by atoms with Crippen LogP contribution in [-0.2, 0) is 4.79 Å². The van der Waals surface area contributed by atoms with Crippen LogP contribution in [-0.4, -0.2) is 33.8 Å². The minimum atomic E-state index is -0.459. The molecule has 162 valence electrons. The summed E-state index contributed by atoms with van der Waals surface area (Å²) in [6.07, 6.45) is 1.26. The van der Waals surface area contributed by atoms with Crippen molar-refractivity contribution in [3.8, 4) is 11.4 Å². The summed E-state index contributed by atoms with van der Waals surface area (Å²) >= 11 is 3.93. The van der Waals surface area contributed by atoms with Crippen LogP contribution in [0.15, 0.2) is 48.5 Å². The van der Waals surface area contributed by atoms with Crippen LogP contribution in [0.3, 0.4) is 0 Å². The van der Waals surface area contributed by atoms with E-state index in [9.17, 15) is 9.18 Å². The standard InChI is InChI=1S/C23H24FN3O2S2/c1-15-12-16(2)27(26-15)21-9-6-18(13-20(21)24)25-22(28)14-29-19-7-4-17(5-8-19)23-30-10-3-11-31-23/h4-9,12-13,23H,3,10-11,14H2,1-2H3,(H,25,28). The molecule has 0 spiro atoms. The summed E-state index contributed by atoms with van der Waals surface area (Å²) in [5.41, 5.74) is 3.64. The first-order chi connectivity index (χ1) is 15.0. The SMILES string of the molecule is Cc1cc(C)n(-c2ccc(NC(=O)COc3ccc(C4SCCCS4)cc3)cc2F)n1. The van der Waals surface area contributed by atoms with Crippen molar-refractivity contribution in [2.75, 3.05) is 23.4 Å². The van der Waals surface area contributed by atoms with E-state index in [4.69, 9.17) is 4.74 Å². The highest BCUT2D eigenvalue weighted by Gasteiger charge is 2.16. The Hall–Kier alpha value is -2.45. The van der Waals surface area contributed by atoms with Crippen LogP contribution in [0.2, 0.25) is 0 Å². The van der Waals surface area contributed by atoms with Gasteiger partial charge in [0.05, 0.1) is 10.3 Å². The van der Waals surface area contributed by atoms with Crippen LogP contribution in [0.25, 0.3) is 5.69 Å². The fraction of sp³-hybridized carbons (Fsp3) is 0.304. The summed E-state index contributed by atoms with van der Waals surface area (Å²) in [6.45, 7) is 3.58. The molecule has 1 aliphatic rings. The number of halogens is 1. The molecule has 2 heterocycles. The molecule has 31 heavy (non-hydrogen) atoms. The molecule has 0 radical (unpaired) electrons. The number of ether oxygens (including phenoxy) is 1. The Morgan fingerprint density at radius 1 is 1.16 bits per heavy atom. The molecule has 1 N–H and O–H groups in total. The van der Waals surface area contributed by atoms with Crippen molar-refractivity contribution in [1.82, 2.24) is 9.78 Å². The van der Waals surface area contributed by atoms with Crippen molar-refractivity contribution in [2.45, 2.75) is 24.9 Å². The van der Waals surface area contributed by atoms with E-state index in [1.165, 1.54) is 29.6 Å². The van der Waals surface area contributed by atoms with Gasteiger partial charge >= 0.3 is 0 Å². The van der Waals surface area contributed by atoms with Crippen molar-refractivity contribution in [2.24, 2.45) is 0 Å². The van der Waals surface area contributed by atoms with Crippen LogP contribution < -0.4 is 10.1 Å². The Morgan fingerprint density at radius 2 is 1.90 bits per heavy atom. The maximum atomic E-state index is 14.6. The average molecular weight is 458 g/mol. The number of aryl methyl sites for hydroxylation is 2. The number of aromatic nitrogens is 2. The number of carbonyl (C=O) groups is 1. The Balaban J connectivity index is 1.32. The van der Waals surface area contributed by atoms with Gasteiger partial charge in [-0.1, -0.05) is 12.1 Å². The number of benzene rings is 2. The first-order valence-electron chi connectivity index (χ1n) is 10.1. The van der Waals surface area contributed by atoms with Crippen molar-refractivity contribution >= 4 is 35.1 Å². The number of nitrogens with one attached hydrogen (secondary N) is 1. The predicted molar refractivity (Wildman–Crippen MR) is 126 cm³/mol. The van der Waals surface area contributed by atoms with Gasteiger partial charge in [0.15, 0.2) is 12.4 Å². The molecule has 4 rings (SSSR count). The van der Waals surface area contributed by atoms with Crippen molar-refractivity contribution in [3.05, 3.63) is 71.3 Å². The van der Waals surface area contributed by atoms with Gasteiger partial charge in [-0.05, 0) is 73.7 Å². The van der Waals surface area contributed by atoms with Crippen LogP contribution in [0, 0.1) is 19.7 Å². The summed E-state index contributed by atoms with van der Waals surface area (Å²) in [5.74, 6) is 2.22. The van der Waals surface area contributed by atoms with Crippen LogP contribution in [0.5, 0.6) is 5.75 Å². The summed E-state index contributed by atoms with van der Waals surface area (Å²) < 4.78 is 22.2. The number of rotatable bonds is 6. The fourth-order valence-corrected chi connectivity index (χ4v) is 6.27. The molecular weight excluding hydrogens is 433 g/mol. The summed E-state index contributed by atoms with van der Waals surface area (Å²) in [4.78, 5) is 12.2. The number of thioether (sulfide) groups is 2. The zero-order chi connectivity index (χ0) is 21.8. The topological polar surface area (TPSA) is 56.2 Å². The molecule has 1 amide bonds. The number of hydrogen-bond donors (Lipinski definition) is 1. The quantitative estimate of drug-likeness (QED) is 0.529. The lowest BCUT2D eigenvalue weighted by Crippen LogP contribution is -2.20. The second kappa shape index (κ2) is 9.78. The fourth-order valence-electron chi connectivity index (χ4n) is 3.38. The molecule has 1 saturated heterocycles. The molecule has 0 atom stereocenters. The number of hydrogen-bond acceptors (Lipinski definition) is 5. The molecule has 1 aliphatic heterocycles. The van der Waals surface area contributed by atoms with Crippen molar-refractivity contribution < 1.29 is 13.9 Å². The largest absolute Gasteiger partial charge is 0.484 e. The zero-order valence-corrected chi connectivity index (χ0v) is 19.1. The predicted octanol–water partition coefficient (Wildman–Crippen LogP) is 5.51. The van der Waals surface area contributed by atoms with E-state index in [0.717, 1.165) is 11.4 Å². The summed E-state index contributed by atoms with van der Waals surface area (Å²) in [5, 5.41) is 6.97.